The van der Waals surface area contributed by atoms with Gasteiger partial charge in [0.1, 0.15) is 11.3 Å². The van der Waals surface area contributed by atoms with Crippen LogP contribution in [0.5, 0.6) is 5.75 Å². The zero-order valence-electron chi connectivity index (χ0n) is 18.3. The minimum atomic E-state index is -0.641. The van der Waals surface area contributed by atoms with E-state index < -0.39 is 11.6 Å². The molecule has 2 aliphatic heterocycles. The van der Waals surface area contributed by atoms with Gasteiger partial charge in [0.2, 0.25) is 6.10 Å². The van der Waals surface area contributed by atoms with Gasteiger partial charge in [0, 0.05) is 15.2 Å². The van der Waals surface area contributed by atoms with Gasteiger partial charge in [-0.25, -0.2) is 0 Å². The molecule has 0 saturated carbocycles. The number of rotatable bonds is 4. The van der Waals surface area contributed by atoms with E-state index in [0.717, 1.165) is 16.1 Å². The van der Waals surface area contributed by atoms with Gasteiger partial charge >= 0.3 is 0 Å². The molecular weight excluding hydrogens is 462 g/mol. The number of nitrogens with zero attached hydrogens (tertiary/aromatic N) is 1. The fourth-order valence-corrected chi connectivity index (χ4v) is 6.59. The molecule has 0 unspecified atom stereocenters. The number of fused-ring (bicyclic) bond motifs is 3. The minimum absolute atomic E-state index is 0.0162. The highest BCUT2D eigenvalue weighted by atomic mass is 35.5. The molecule has 1 amide bonds. The summed E-state index contributed by atoms with van der Waals surface area (Å²) in [4.78, 5) is 16.8. The number of hydrogen-bond donors (Lipinski definition) is 0. The highest BCUT2D eigenvalue weighted by molar-refractivity contribution is 7.99. The van der Waals surface area contributed by atoms with Gasteiger partial charge in [0.25, 0.3) is 5.91 Å². The number of carbonyl (C=O) groups is 1. The highest BCUT2D eigenvalue weighted by Crippen LogP contribution is 2.59. The Morgan fingerprint density at radius 1 is 0.824 bits per heavy atom. The highest BCUT2D eigenvalue weighted by Gasteiger charge is 2.65. The molecule has 5 heteroatoms. The molecule has 0 spiro atoms. The van der Waals surface area contributed by atoms with E-state index in [1.807, 2.05) is 83.8 Å². The molecule has 6 rings (SSSR count). The fraction of sp³-hybridized carbons (Fsp3) is 0.138. The summed E-state index contributed by atoms with van der Waals surface area (Å²) >= 11 is 8.00. The van der Waals surface area contributed by atoms with Crippen LogP contribution in [0.1, 0.15) is 22.8 Å². The maximum atomic E-state index is 13.8. The summed E-state index contributed by atoms with van der Waals surface area (Å²) in [6, 6.07) is 36.1. The Morgan fingerprint density at radius 3 is 2.21 bits per heavy atom. The van der Waals surface area contributed by atoms with Crippen molar-refractivity contribution in [2.24, 2.45) is 0 Å². The largest absolute Gasteiger partial charge is 0.478 e. The van der Waals surface area contributed by atoms with Crippen LogP contribution in [-0.2, 0) is 10.3 Å². The van der Waals surface area contributed by atoms with Crippen LogP contribution in [-0.4, -0.2) is 12.0 Å². The maximum Gasteiger partial charge on any atom is 0.271 e. The molecule has 2 heterocycles. The standard InChI is InChI=1S/C29H22ClNO2S/c30-22-17-15-20(16-18-22)26-19-29(21-9-3-1-4-10-21)27(33-23-11-5-2-6-12-23)28(32)31(29)24-13-7-8-14-25(24)34-26/h1-18,26-27H,19H2/t26-,27-,29-/m0/s1. The molecule has 4 aromatic carbocycles. The van der Waals surface area contributed by atoms with Crippen LogP contribution in [0.4, 0.5) is 5.69 Å². The van der Waals surface area contributed by atoms with Crippen molar-refractivity contribution in [2.45, 2.75) is 28.2 Å². The number of thioether (sulfide) groups is 1. The molecule has 3 atom stereocenters. The first kappa shape index (κ1) is 21.3. The zero-order chi connectivity index (χ0) is 23.1. The minimum Gasteiger partial charge on any atom is -0.478 e. The van der Waals surface area contributed by atoms with Crippen molar-refractivity contribution in [3.63, 3.8) is 0 Å². The van der Waals surface area contributed by atoms with E-state index in [9.17, 15) is 4.79 Å². The van der Waals surface area contributed by atoms with E-state index in [1.165, 1.54) is 5.56 Å². The number of para-hydroxylation sites is 2. The van der Waals surface area contributed by atoms with Gasteiger partial charge in [-0.1, -0.05) is 84.4 Å². The normalized spacial score (nSPS) is 23.3. The maximum absolute atomic E-state index is 13.8. The van der Waals surface area contributed by atoms with Crippen LogP contribution < -0.4 is 9.64 Å². The Balaban J connectivity index is 1.54. The van der Waals surface area contributed by atoms with E-state index in [4.69, 9.17) is 16.3 Å². The second-order valence-electron chi connectivity index (χ2n) is 8.60. The smallest absolute Gasteiger partial charge is 0.271 e. The SMILES string of the molecule is O=C1[C@H](Oc2ccccc2)[C@@]2(c3ccccc3)C[C@@H](c3ccc(Cl)cc3)Sc3ccccc3N12. The predicted molar refractivity (Wildman–Crippen MR) is 138 cm³/mol. The number of hydrogen-bond acceptors (Lipinski definition) is 3. The van der Waals surface area contributed by atoms with Crippen molar-refractivity contribution in [1.82, 2.24) is 0 Å². The molecule has 4 aromatic rings. The molecule has 0 aromatic heterocycles. The molecule has 1 saturated heterocycles. The predicted octanol–water partition coefficient (Wildman–Crippen LogP) is 7.27. The van der Waals surface area contributed by atoms with Crippen molar-refractivity contribution >= 4 is 35.0 Å². The molecule has 168 valence electrons. The Hall–Kier alpha value is -3.21. The molecule has 0 radical (unpaired) electrons. The van der Waals surface area contributed by atoms with Gasteiger partial charge in [-0.15, -0.1) is 11.8 Å². The summed E-state index contributed by atoms with van der Waals surface area (Å²) in [5.41, 5.74) is 2.55. The van der Waals surface area contributed by atoms with Crippen molar-refractivity contribution < 1.29 is 9.53 Å². The number of anilines is 1. The van der Waals surface area contributed by atoms with Crippen molar-refractivity contribution in [3.05, 3.63) is 125 Å². The van der Waals surface area contributed by atoms with Gasteiger partial charge in [-0.2, -0.15) is 0 Å². The van der Waals surface area contributed by atoms with Gasteiger partial charge in [-0.05, 0) is 53.9 Å². The van der Waals surface area contributed by atoms with E-state index in [1.54, 1.807) is 11.8 Å². The lowest BCUT2D eigenvalue weighted by atomic mass is 9.70. The molecule has 1 fully saturated rings. The molecule has 0 aliphatic carbocycles. The van der Waals surface area contributed by atoms with Gasteiger partial charge in [0.15, 0.2) is 0 Å². The lowest BCUT2D eigenvalue weighted by Crippen LogP contribution is -2.74. The Kier molecular flexibility index (Phi) is 5.35. The van der Waals surface area contributed by atoms with E-state index in [2.05, 4.69) is 30.3 Å². The van der Waals surface area contributed by atoms with Crippen molar-refractivity contribution in [3.8, 4) is 5.75 Å². The quantitative estimate of drug-likeness (QED) is 0.286. The lowest BCUT2D eigenvalue weighted by molar-refractivity contribution is -0.142. The Morgan fingerprint density at radius 2 is 1.47 bits per heavy atom. The average molecular weight is 484 g/mol. The average Bonchev–Trinajstić information content (AvgIpc) is 3.02. The second-order valence-corrected chi connectivity index (χ2v) is 10.3. The monoisotopic (exact) mass is 483 g/mol. The summed E-state index contributed by atoms with van der Waals surface area (Å²) < 4.78 is 6.44. The second kappa shape index (κ2) is 8.53. The van der Waals surface area contributed by atoms with Gasteiger partial charge in [-0.3, -0.25) is 9.69 Å². The topological polar surface area (TPSA) is 29.5 Å². The van der Waals surface area contributed by atoms with Crippen LogP contribution in [0.3, 0.4) is 0 Å². The third kappa shape index (κ3) is 3.41. The van der Waals surface area contributed by atoms with Crippen molar-refractivity contribution in [1.29, 1.82) is 0 Å². The molecule has 3 nitrogen and oxygen atoms in total. The molecule has 2 aliphatic rings. The number of halogens is 1. The van der Waals surface area contributed by atoms with Gasteiger partial charge < -0.3 is 4.74 Å². The Labute approximate surface area is 208 Å². The first-order chi connectivity index (χ1) is 16.7. The third-order valence-corrected chi connectivity index (χ3v) is 8.24. The fourth-order valence-electron chi connectivity index (χ4n) is 5.09. The third-order valence-electron chi connectivity index (χ3n) is 6.66. The zero-order valence-corrected chi connectivity index (χ0v) is 19.9. The molecule has 34 heavy (non-hydrogen) atoms. The molecule has 0 N–H and O–H groups in total. The first-order valence-corrected chi connectivity index (χ1v) is 12.5. The van der Waals surface area contributed by atoms with E-state index in [0.29, 0.717) is 17.2 Å². The van der Waals surface area contributed by atoms with Crippen molar-refractivity contribution in [2.75, 3.05) is 4.90 Å². The van der Waals surface area contributed by atoms with Crippen LogP contribution in [0.2, 0.25) is 5.02 Å². The summed E-state index contributed by atoms with van der Waals surface area (Å²) in [5.74, 6) is 0.682. The van der Waals surface area contributed by atoms with Crippen LogP contribution >= 0.6 is 23.4 Å². The number of ether oxygens (including phenoxy) is 1. The summed E-state index contributed by atoms with van der Waals surface area (Å²) in [6.07, 6.45) is 0.0835. The first-order valence-electron chi connectivity index (χ1n) is 11.3. The van der Waals surface area contributed by atoms with E-state index in [-0.39, 0.29) is 11.2 Å². The van der Waals surface area contributed by atoms with Gasteiger partial charge in [0.05, 0.1) is 5.69 Å². The lowest BCUT2D eigenvalue weighted by Gasteiger charge is -2.57. The Bertz CT molecular complexity index is 1330. The summed E-state index contributed by atoms with van der Waals surface area (Å²) in [6.45, 7) is 0. The van der Waals surface area contributed by atoms with Crippen LogP contribution in [0.25, 0.3) is 0 Å². The number of β-lactam (4-membered cyclic amide) rings is 1. The molecule has 0 bridgehead atoms. The van der Waals surface area contributed by atoms with Crippen LogP contribution in [0, 0.1) is 0 Å². The summed E-state index contributed by atoms with van der Waals surface area (Å²) in [7, 11) is 0. The molecular formula is C29H22ClNO2S. The number of benzene rings is 4. The summed E-state index contributed by atoms with van der Waals surface area (Å²) in [5, 5.41) is 0.824. The van der Waals surface area contributed by atoms with Crippen LogP contribution in [0.15, 0.2) is 114 Å². The van der Waals surface area contributed by atoms with E-state index >= 15 is 0 Å². The number of amides is 1. The number of carbonyl (C=O) groups excluding carboxylic acids is 1.